The smallest absolute Gasteiger partial charge is 0.332 e. The number of hydrogen-bond donors (Lipinski definition) is 1. The number of sulfonamides is 1. The van der Waals surface area contributed by atoms with Crippen molar-refractivity contribution in [3.63, 3.8) is 0 Å². The Labute approximate surface area is 290 Å². The number of ether oxygens (including phenoxy) is 3. The first-order valence-electron chi connectivity index (χ1n) is 17.2. The average Bonchev–Trinajstić information content (AvgIpc) is 3.03. The number of nitrogens with one attached hydrogen (secondary N) is 1. The summed E-state index contributed by atoms with van der Waals surface area (Å²) in [5, 5.41) is -0.0515. The Bertz CT molecular complexity index is 1600. The first kappa shape index (κ1) is 36.2. The number of amides is 1. The second-order valence-electron chi connectivity index (χ2n) is 14.2. The minimum absolute atomic E-state index is 0.155. The summed E-state index contributed by atoms with van der Waals surface area (Å²) in [5.74, 6) is -0.0208. The lowest BCUT2D eigenvalue weighted by molar-refractivity contribution is -0.163. The molecule has 0 saturated heterocycles. The zero-order valence-electron chi connectivity index (χ0n) is 28.5. The minimum atomic E-state index is -3.94. The van der Waals surface area contributed by atoms with E-state index in [1.165, 1.54) is 0 Å². The molecular formula is C37H49ClN2O7S. The van der Waals surface area contributed by atoms with Crippen LogP contribution < -0.4 is 14.4 Å². The molecule has 2 bridgehead atoms. The Morgan fingerprint density at radius 2 is 1.90 bits per heavy atom. The number of carbonyl (C=O) groups excluding carboxylic acids is 2. The normalized spacial score (nSPS) is 25.5. The number of benzene rings is 2. The molecule has 1 amide bonds. The zero-order valence-corrected chi connectivity index (χ0v) is 30.1. The van der Waals surface area contributed by atoms with Crippen molar-refractivity contribution in [3.05, 3.63) is 70.3 Å². The van der Waals surface area contributed by atoms with Gasteiger partial charge in [-0.05, 0) is 125 Å². The van der Waals surface area contributed by atoms with Crippen molar-refractivity contribution in [1.82, 2.24) is 4.72 Å². The lowest BCUT2D eigenvalue weighted by atomic mass is 9.70. The summed E-state index contributed by atoms with van der Waals surface area (Å²) in [6.07, 6.45) is 9.44. The van der Waals surface area contributed by atoms with Crippen LogP contribution in [-0.2, 0) is 37.3 Å². The van der Waals surface area contributed by atoms with Gasteiger partial charge in [-0.2, -0.15) is 0 Å². The summed E-state index contributed by atoms with van der Waals surface area (Å²) in [7, 11) is -3.94. The van der Waals surface area contributed by atoms with Crippen LogP contribution in [0.4, 0.5) is 5.69 Å². The highest BCUT2D eigenvalue weighted by Crippen LogP contribution is 2.42. The highest BCUT2D eigenvalue weighted by Gasteiger charge is 2.39. The number of fused-ring (bicyclic) bond motifs is 3. The maximum Gasteiger partial charge on any atom is 0.332 e. The Hall–Kier alpha value is -3.08. The van der Waals surface area contributed by atoms with Crippen LogP contribution in [0.1, 0.15) is 94.1 Å². The molecule has 2 heterocycles. The van der Waals surface area contributed by atoms with Crippen LogP contribution in [0.2, 0.25) is 5.02 Å². The molecule has 3 aliphatic rings. The van der Waals surface area contributed by atoms with Gasteiger partial charge in [0.1, 0.15) is 24.6 Å². The van der Waals surface area contributed by atoms with Crippen LogP contribution in [-0.4, -0.2) is 56.9 Å². The Balaban J connectivity index is 1.50. The van der Waals surface area contributed by atoms with Crippen LogP contribution in [0.3, 0.4) is 0 Å². The van der Waals surface area contributed by atoms with Crippen molar-refractivity contribution in [2.75, 3.05) is 24.6 Å². The van der Waals surface area contributed by atoms with E-state index in [2.05, 4.69) is 9.62 Å². The summed E-state index contributed by atoms with van der Waals surface area (Å²) in [5.41, 5.74) is 2.62. The quantitative estimate of drug-likeness (QED) is 0.268. The molecule has 9 nitrogen and oxygen atoms in total. The summed E-state index contributed by atoms with van der Waals surface area (Å²) >= 11 is 6.34. The second kappa shape index (κ2) is 15.6. The average molecular weight is 701 g/mol. The fraction of sp³-hybridized carbons (Fsp3) is 0.568. The van der Waals surface area contributed by atoms with Crippen LogP contribution in [0.15, 0.2) is 48.6 Å². The number of nitrogens with zero attached hydrogens (tertiary/aromatic N) is 1. The third-order valence-electron chi connectivity index (χ3n) is 9.51. The summed E-state index contributed by atoms with van der Waals surface area (Å²) in [4.78, 5) is 28.3. The second-order valence-corrected chi connectivity index (χ2v) is 16.6. The molecule has 0 unspecified atom stereocenters. The van der Waals surface area contributed by atoms with Crippen molar-refractivity contribution in [1.29, 1.82) is 0 Å². The number of aryl methyl sites for hydroxylation is 1. The third kappa shape index (κ3) is 9.33. The molecule has 0 radical (unpaired) electrons. The first-order valence-corrected chi connectivity index (χ1v) is 19.1. The van der Waals surface area contributed by atoms with Gasteiger partial charge in [0.2, 0.25) is 10.0 Å². The number of carbonyl (C=O) groups is 2. The largest absolute Gasteiger partial charge is 0.487 e. The van der Waals surface area contributed by atoms with Gasteiger partial charge in [0, 0.05) is 23.7 Å². The van der Waals surface area contributed by atoms with Gasteiger partial charge in [-0.25, -0.2) is 17.9 Å². The molecule has 262 valence electrons. The number of hydrogen-bond acceptors (Lipinski definition) is 8. The fourth-order valence-corrected chi connectivity index (χ4v) is 8.46. The number of anilines is 1. The van der Waals surface area contributed by atoms with Crippen LogP contribution in [0.5, 0.6) is 5.75 Å². The predicted molar refractivity (Wildman–Crippen MR) is 188 cm³/mol. The summed E-state index contributed by atoms with van der Waals surface area (Å²) in [6.45, 7) is 8.88. The standard InChI is InChI=1S/C37H49ClN2O7S/c1-5-30-11-6-7-12-33(46-24-35(41)47-37(2,3)4)31-17-14-27(31)22-40-19-9-8-10-25-20-29(38)16-13-28(25)23-45-34-18-15-26(21-32(34)40)36(42)39-48(30,43)44/h7,12-13,15-16,18,20-21,27,30-31,33H,5-6,8-11,14,17,19,22-24H2,1-4H3,(H,39,42)/b12-7+/t27-,30+,31+,33-/m0/s1. The lowest BCUT2D eigenvalue weighted by Gasteiger charge is -2.44. The molecule has 1 saturated carbocycles. The Morgan fingerprint density at radius 3 is 2.62 bits per heavy atom. The Morgan fingerprint density at radius 1 is 1.08 bits per heavy atom. The highest BCUT2D eigenvalue weighted by molar-refractivity contribution is 7.90. The van der Waals surface area contributed by atoms with E-state index >= 15 is 0 Å². The van der Waals surface area contributed by atoms with E-state index in [1.807, 2.05) is 58.0 Å². The number of halogens is 1. The van der Waals surface area contributed by atoms with E-state index in [-0.39, 0.29) is 30.1 Å². The maximum absolute atomic E-state index is 13.5. The van der Waals surface area contributed by atoms with E-state index in [0.29, 0.717) is 43.2 Å². The first-order chi connectivity index (χ1) is 22.8. The van der Waals surface area contributed by atoms with E-state index in [1.54, 1.807) is 18.2 Å². The van der Waals surface area contributed by atoms with E-state index in [9.17, 15) is 18.0 Å². The maximum atomic E-state index is 13.5. The van der Waals surface area contributed by atoms with Crippen LogP contribution >= 0.6 is 11.6 Å². The minimum Gasteiger partial charge on any atom is -0.487 e. The van der Waals surface area contributed by atoms with Gasteiger partial charge < -0.3 is 19.1 Å². The van der Waals surface area contributed by atoms with Crippen LogP contribution in [0, 0.1) is 11.8 Å². The zero-order chi connectivity index (χ0) is 34.5. The Kier molecular flexibility index (Phi) is 11.8. The summed E-state index contributed by atoms with van der Waals surface area (Å²) < 4.78 is 47.3. The van der Waals surface area contributed by atoms with Gasteiger partial charge in [-0.3, -0.25) is 4.79 Å². The molecule has 2 aromatic rings. The van der Waals surface area contributed by atoms with Gasteiger partial charge in [0.05, 0.1) is 17.0 Å². The molecule has 1 aliphatic carbocycles. The molecule has 0 spiro atoms. The molecule has 48 heavy (non-hydrogen) atoms. The van der Waals surface area contributed by atoms with Gasteiger partial charge in [0.15, 0.2) is 0 Å². The molecule has 2 aliphatic heterocycles. The van der Waals surface area contributed by atoms with Crippen molar-refractivity contribution in [2.24, 2.45) is 11.8 Å². The predicted octanol–water partition coefficient (Wildman–Crippen LogP) is 7.00. The lowest BCUT2D eigenvalue weighted by Crippen LogP contribution is -2.44. The summed E-state index contributed by atoms with van der Waals surface area (Å²) in [6, 6.07) is 11.0. The van der Waals surface area contributed by atoms with E-state index < -0.39 is 32.8 Å². The third-order valence-corrected chi connectivity index (χ3v) is 11.7. The van der Waals surface area contributed by atoms with E-state index in [0.717, 1.165) is 55.5 Å². The van der Waals surface area contributed by atoms with Crippen molar-refractivity contribution >= 4 is 39.2 Å². The van der Waals surface area contributed by atoms with Crippen molar-refractivity contribution < 1.29 is 32.2 Å². The van der Waals surface area contributed by atoms with Gasteiger partial charge in [-0.15, -0.1) is 0 Å². The fourth-order valence-electron chi connectivity index (χ4n) is 6.84. The van der Waals surface area contributed by atoms with Crippen LogP contribution in [0.25, 0.3) is 0 Å². The number of allylic oxidation sites excluding steroid dienone is 1. The van der Waals surface area contributed by atoms with Crippen molar-refractivity contribution in [2.45, 2.75) is 103 Å². The molecule has 2 aromatic carbocycles. The number of esters is 1. The molecule has 1 fully saturated rings. The SMILES string of the molecule is CC[C@@H]1CC/C=C/[C@H](OCC(=O)OC(C)(C)C)[C@@H]2CC[C@H]2CN2CCCCc3cc(Cl)ccc3COc3ccc(cc32)C(=O)NS1(=O)=O. The van der Waals surface area contributed by atoms with E-state index in [4.69, 9.17) is 25.8 Å². The number of rotatable bonds is 4. The molecular weight excluding hydrogens is 652 g/mol. The monoisotopic (exact) mass is 700 g/mol. The molecule has 1 N–H and O–H groups in total. The van der Waals surface area contributed by atoms with Gasteiger partial charge in [-0.1, -0.05) is 36.7 Å². The van der Waals surface area contributed by atoms with Crippen molar-refractivity contribution in [3.8, 4) is 5.75 Å². The molecule has 4 atom stereocenters. The highest BCUT2D eigenvalue weighted by atomic mass is 35.5. The van der Waals surface area contributed by atoms with Gasteiger partial charge >= 0.3 is 5.97 Å². The van der Waals surface area contributed by atoms with Gasteiger partial charge in [0.25, 0.3) is 5.91 Å². The molecule has 5 rings (SSSR count). The molecule has 0 aromatic heterocycles. The topological polar surface area (TPSA) is 111 Å². The molecule has 11 heteroatoms.